The van der Waals surface area contributed by atoms with Crippen molar-refractivity contribution in [3.63, 3.8) is 0 Å². The normalized spacial score (nSPS) is 19.8. The van der Waals surface area contributed by atoms with Crippen LogP contribution in [0.4, 0.5) is 0 Å². The number of hydrogen-bond donors (Lipinski definition) is 2. The Morgan fingerprint density at radius 2 is 2.13 bits per heavy atom. The second kappa shape index (κ2) is 11.6. The lowest BCUT2D eigenvalue weighted by atomic mass is 9.88. The van der Waals surface area contributed by atoms with Crippen LogP contribution in [0.1, 0.15) is 29.3 Å². The fraction of sp³-hybridized carbons (Fsp3) is 0.458. The van der Waals surface area contributed by atoms with Crippen LogP contribution in [0.2, 0.25) is 0 Å². The topological polar surface area (TPSA) is 48.9 Å². The van der Waals surface area contributed by atoms with Gasteiger partial charge in [0.1, 0.15) is 12.4 Å². The second-order valence-corrected chi connectivity index (χ2v) is 8.59. The van der Waals surface area contributed by atoms with Crippen molar-refractivity contribution in [3.8, 4) is 18.1 Å². The molecule has 2 atom stereocenters. The van der Waals surface area contributed by atoms with Gasteiger partial charge in [-0.3, -0.25) is 9.89 Å². The molecule has 2 N–H and O–H groups in total. The smallest absolute Gasteiger partial charge is 0.190 e. The van der Waals surface area contributed by atoms with Crippen molar-refractivity contribution in [2.75, 3.05) is 40.3 Å². The number of thiophene rings is 1. The first-order valence-electron chi connectivity index (χ1n) is 10.5. The number of nitrogens with one attached hydrogen (secondary N) is 2. The predicted octanol–water partition coefficient (Wildman–Crippen LogP) is 3.55. The molecule has 2 aromatic rings. The van der Waals surface area contributed by atoms with E-state index in [1.807, 2.05) is 30.5 Å². The van der Waals surface area contributed by atoms with Crippen molar-refractivity contribution in [1.82, 2.24) is 15.5 Å². The number of rotatable bonds is 8. The summed E-state index contributed by atoms with van der Waals surface area (Å²) >= 11 is 1.86. The number of ether oxygens (including phenoxy) is 1. The van der Waals surface area contributed by atoms with E-state index in [4.69, 9.17) is 11.2 Å². The van der Waals surface area contributed by atoms with Crippen molar-refractivity contribution in [3.05, 3.63) is 52.2 Å². The molecule has 1 aliphatic heterocycles. The van der Waals surface area contributed by atoms with Gasteiger partial charge in [-0.15, -0.1) is 17.8 Å². The molecular formula is C24H32N4OS. The molecule has 0 aliphatic carbocycles. The van der Waals surface area contributed by atoms with Gasteiger partial charge in [0.2, 0.25) is 0 Å². The summed E-state index contributed by atoms with van der Waals surface area (Å²) in [5, 5.41) is 9.16. The molecule has 1 aromatic heterocycles. The first-order valence-corrected chi connectivity index (χ1v) is 11.4. The van der Waals surface area contributed by atoms with Crippen LogP contribution in [0.3, 0.4) is 0 Å². The van der Waals surface area contributed by atoms with Crippen molar-refractivity contribution >= 4 is 17.3 Å². The van der Waals surface area contributed by atoms with Crippen molar-refractivity contribution in [1.29, 1.82) is 0 Å². The Labute approximate surface area is 184 Å². The van der Waals surface area contributed by atoms with E-state index in [-0.39, 0.29) is 0 Å². The van der Waals surface area contributed by atoms with Crippen LogP contribution in [-0.2, 0) is 6.42 Å². The Morgan fingerprint density at radius 3 is 2.83 bits per heavy atom. The molecule has 0 saturated carbocycles. The molecule has 2 unspecified atom stereocenters. The largest absolute Gasteiger partial charge is 0.481 e. The highest BCUT2D eigenvalue weighted by Gasteiger charge is 2.31. The summed E-state index contributed by atoms with van der Waals surface area (Å²) in [6.07, 6.45) is 8.63. The molecule has 3 rings (SSSR count). The Bertz CT molecular complexity index is 826. The first-order chi connectivity index (χ1) is 14.7. The Hall–Kier alpha value is -2.49. The lowest BCUT2D eigenvalue weighted by Crippen LogP contribution is -2.45. The van der Waals surface area contributed by atoms with Crippen LogP contribution in [0.25, 0.3) is 0 Å². The van der Waals surface area contributed by atoms with E-state index < -0.39 is 0 Å². The van der Waals surface area contributed by atoms with Crippen LogP contribution in [0.5, 0.6) is 5.75 Å². The van der Waals surface area contributed by atoms with Gasteiger partial charge >= 0.3 is 0 Å². The highest BCUT2D eigenvalue weighted by Crippen LogP contribution is 2.36. The summed E-state index contributed by atoms with van der Waals surface area (Å²) in [7, 11) is 4.07. The zero-order valence-corrected chi connectivity index (χ0v) is 18.8. The zero-order chi connectivity index (χ0) is 21.2. The standard InChI is InChI=1S/C24H32N4OS/c1-4-16-29-21-11-9-19(10-12-21)13-14-26-24(25-2)27-18-20-7-5-15-28(3)23(20)22-8-6-17-30-22/h1,6,8-12,17,20,23H,5,7,13-16,18H2,2-3H3,(H2,25,26,27). The zero-order valence-electron chi connectivity index (χ0n) is 17.9. The maximum Gasteiger partial charge on any atom is 0.190 e. The number of guanidine groups is 1. The molecule has 0 radical (unpaired) electrons. The maximum absolute atomic E-state index is 5.42. The summed E-state index contributed by atoms with van der Waals surface area (Å²) < 4.78 is 5.42. The molecule has 0 spiro atoms. The fourth-order valence-corrected chi connectivity index (χ4v) is 5.02. The number of aliphatic imine (C=N–C) groups is 1. The quantitative estimate of drug-likeness (QED) is 0.387. The van der Waals surface area contributed by atoms with E-state index in [1.165, 1.54) is 29.8 Å². The minimum absolute atomic E-state index is 0.299. The number of nitrogens with zero attached hydrogens (tertiary/aromatic N) is 2. The number of likely N-dealkylation sites (tertiary alicyclic amines) is 1. The average molecular weight is 425 g/mol. The van der Waals surface area contributed by atoms with Crippen LogP contribution < -0.4 is 15.4 Å². The molecule has 1 aromatic carbocycles. The number of benzene rings is 1. The van der Waals surface area contributed by atoms with Crippen LogP contribution in [-0.4, -0.2) is 51.2 Å². The molecule has 30 heavy (non-hydrogen) atoms. The average Bonchev–Trinajstić information content (AvgIpc) is 3.30. The van der Waals surface area contributed by atoms with Crippen LogP contribution in [0.15, 0.2) is 46.8 Å². The van der Waals surface area contributed by atoms with Gasteiger partial charge in [-0.25, -0.2) is 0 Å². The number of terminal acetylenes is 1. The highest BCUT2D eigenvalue weighted by atomic mass is 32.1. The summed E-state index contributed by atoms with van der Waals surface area (Å²) in [6, 6.07) is 13.0. The Morgan fingerprint density at radius 1 is 1.30 bits per heavy atom. The molecular weight excluding hydrogens is 392 g/mol. The SMILES string of the molecule is C#CCOc1ccc(CCNC(=NC)NCC2CCCN(C)C2c2cccs2)cc1. The second-order valence-electron chi connectivity index (χ2n) is 7.61. The van der Waals surface area contributed by atoms with Gasteiger partial charge in [-0.2, -0.15) is 0 Å². The van der Waals surface area contributed by atoms with Gasteiger partial charge < -0.3 is 15.4 Å². The minimum atomic E-state index is 0.299. The minimum Gasteiger partial charge on any atom is -0.481 e. The number of piperidine rings is 1. The van der Waals surface area contributed by atoms with E-state index in [9.17, 15) is 0 Å². The van der Waals surface area contributed by atoms with Gasteiger partial charge in [0.15, 0.2) is 5.96 Å². The molecule has 1 aliphatic rings. The summed E-state index contributed by atoms with van der Waals surface area (Å²) in [4.78, 5) is 8.36. The third-order valence-electron chi connectivity index (χ3n) is 5.55. The summed E-state index contributed by atoms with van der Waals surface area (Å²) in [6.45, 7) is 3.21. The van der Waals surface area contributed by atoms with E-state index >= 15 is 0 Å². The lowest BCUT2D eigenvalue weighted by Gasteiger charge is -2.39. The fourth-order valence-electron chi connectivity index (χ4n) is 4.03. The van der Waals surface area contributed by atoms with E-state index in [2.05, 4.69) is 63.1 Å². The van der Waals surface area contributed by atoms with Gasteiger partial charge in [-0.05, 0) is 67.9 Å². The molecule has 160 valence electrons. The molecule has 0 bridgehead atoms. The van der Waals surface area contributed by atoms with Gasteiger partial charge in [0.05, 0.1) is 0 Å². The van der Waals surface area contributed by atoms with E-state index in [1.54, 1.807) is 0 Å². The Kier molecular flexibility index (Phi) is 8.61. The van der Waals surface area contributed by atoms with Crippen LogP contribution in [0, 0.1) is 18.3 Å². The third-order valence-corrected chi connectivity index (χ3v) is 6.49. The predicted molar refractivity (Wildman–Crippen MR) is 126 cm³/mol. The highest BCUT2D eigenvalue weighted by molar-refractivity contribution is 7.10. The molecule has 6 heteroatoms. The molecule has 1 saturated heterocycles. The monoisotopic (exact) mass is 424 g/mol. The van der Waals surface area contributed by atoms with E-state index in [0.29, 0.717) is 18.6 Å². The number of hydrogen-bond acceptors (Lipinski definition) is 4. The summed E-state index contributed by atoms with van der Waals surface area (Å²) in [5.41, 5.74) is 1.25. The maximum atomic E-state index is 5.42. The lowest BCUT2D eigenvalue weighted by molar-refractivity contribution is 0.125. The molecule has 1 fully saturated rings. The molecule has 2 heterocycles. The first kappa shape index (κ1) is 22.2. The van der Waals surface area contributed by atoms with Gasteiger partial charge in [0.25, 0.3) is 0 Å². The van der Waals surface area contributed by atoms with Gasteiger partial charge in [-0.1, -0.05) is 24.1 Å². The van der Waals surface area contributed by atoms with Crippen molar-refractivity contribution in [2.24, 2.45) is 10.9 Å². The van der Waals surface area contributed by atoms with Crippen LogP contribution >= 0.6 is 11.3 Å². The molecule has 0 amide bonds. The van der Waals surface area contributed by atoms with E-state index in [0.717, 1.165) is 31.2 Å². The Balaban J connectivity index is 1.46. The van der Waals surface area contributed by atoms with Crippen molar-refractivity contribution < 1.29 is 4.74 Å². The van der Waals surface area contributed by atoms with Gasteiger partial charge in [0, 0.05) is 31.1 Å². The van der Waals surface area contributed by atoms with Crippen molar-refractivity contribution in [2.45, 2.75) is 25.3 Å². The summed E-state index contributed by atoms with van der Waals surface area (Å²) in [5.74, 6) is 4.73. The molecule has 5 nitrogen and oxygen atoms in total. The third kappa shape index (κ3) is 6.25.